The number of ether oxygens (including phenoxy) is 1. The molecule has 0 saturated carbocycles. The number of thiophene rings is 1. The highest BCUT2D eigenvalue weighted by Crippen LogP contribution is 2.23. The third-order valence-corrected chi connectivity index (χ3v) is 3.21. The van der Waals surface area contributed by atoms with E-state index in [2.05, 4.69) is 9.97 Å². The molecule has 5 heteroatoms. The van der Waals surface area contributed by atoms with Crippen molar-refractivity contribution in [3.8, 4) is 5.75 Å². The quantitative estimate of drug-likeness (QED) is 0.724. The van der Waals surface area contributed by atoms with Gasteiger partial charge in [-0.25, -0.2) is 9.37 Å². The zero-order valence-corrected chi connectivity index (χ0v) is 10.2. The molecule has 0 saturated heterocycles. The Morgan fingerprint density at radius 2 is 2.22 bits per heavy atom. The Bertz CT molecular complexity index is 670. The highest BCUT2D eigenvalue weighted by molar-refractivity contribution is 7.07. The molecule has 3 aromatic rings. The van der Waals surface area contributed by atoms with Gasteiger partial charge in [-0.1, -0.05) is 0 Å². The molecular formula is C13H9FN2OS. The highest BCUT2D eigenvalue weighted by Gasteiger charge is 2.06. The second-order valence-electron chi connectivity index (χ2n) is 3.75. The second kappa shape index (κ2) is 4.70. The van der Waals surface area contributed by atoms with E-state index < -0.39 is 5.82 Å². The number of fused-ring (bicyclic) bond motifs is 1. The van der Waals surface area contributed by atoms with Crippen LogP contribution in [-0.2, 0) is 6.61 Å². The molecule has 3 rings (SSSR count). The lowest BCUT2D eigenvalue weighted by Gasteiger charge is -2.07. The summed E-state index contributed by atoms with van der Waals surface area (Å²) in [5, 5.41) is 4.02. The molecule has 3 heterocycles. The van der Waals surface area contributed by atoms with Crippen LogP contribution in [-0.4, -0.2) is 9.97 Å². The summed E-state index contributed by atoms with van der Waals surface area (Å²) < 4.78 is 18.7. The van der Waals surface area contributed by atoms with Crippen LogP contribution in [0.2, 0.25) is 0 Å². The molecule has 0 aromatic carbocycles. The van der Waals surface area contributed by atoms with Gasteiger partial charge in [0.05, 0.1) is 11.7 Å². The van der Waals surface area contributed by atoms with Crippen molar-refractivity contribution in [3.05, 3.63) is 52.7 Å². The van der Waals surface area contributed by atoms with Gasteiger partial charge < -0.3 is 4.74 Å². The van der Waals surface area contributed by atoms with Crippen molar-refractivity contribution >= 4 is 22.4 Å². The molecule has 0 fully saturated rings. The molecule has 90 valence electrons. The lowest BCUT2D eigenvalue weighted by molar-refractivity contribution is 0.309. The molecule has 3 nitrogen and oxygen atoms in total. The number of rotatable bonds is 3. The molecule has 0 unspecified atom stereocenters. The van der Waals surface area contributed by atoms with Crippen molar-refractivity contribution in [3.63, 3.8) is 0 Å². The molecule has 0 atom stereocenters. The summed E-state index contributed by atoms with van der Waals surface area (Å²) in [5.74, 6) is 0.219. The SMILES string of the molecule is Fc1cnc2c(OCc3ccsc3)ccnc2c1. The zero-order valence-electron chi connectivity index (χ0n) is 9.34. The largest absolute Gasteiger partial charge is 0.486 e. The van der Waals surface area contributed by atoms with Gasteiger partial charge in [0.2, 0.25) is 0 Å². The average Bonchev–Trinajstić information content (AvgIpc) is 2.89. The minimum atomic E-state index is -0.398. The molecule has 0 radical (unpaired) electrons. The van der Waals surface area contributed by atoms with Crippen molar-refractivity contribution in [1.29, 1.82) is 0 Å². The van der Waals surface area contributed by atoms with Crippen molar-refractivity contribution in [2.75, 3.05) is 0 Å². The Balaban J connectivity index is 1.92. The number of hydrogen-bond donors (Lipinski definition) is 0. The molecule has 0 amide bonds. The fraction of sp³-hybridized carbons (Fsp3) is 0.0769. The smallest absolute Gasteiger partial charge is 0.149 e. The molecule has 0 aliphatic heterocycles. The Hall–Kier alpha value is -2.01. The van der Waals surface area contributed by atoms with Crippen molar-refractivity contribution in [2.24, 2.45) is 0 Å². The number of hydrogen-bond acceptors (Lipinski definition) is 4. The van der Waals surface area contributed by atoms with Gasteiger partial charge in [-0.3, -0.25) is 4.98 Å². The van der Waals surface area contributed by atoms with Crippen LogP contribution in [0, 0.1) is 5.82 Å². The van der Waals surface area contributed by atoms with E-state index in [1.807, 2.05) is 16.8 Å². The van der Waals surface area contributed by atoms with E-state index in [4.69, 9.17) is 4.74 Å². The summed E-state index contributed by atoms with van der Waals surface area (Å²) in [7, 11) is 0. The Morgan fingerprint density at radius 3 is 3.06 bits per heavy atom. The first-order valence-corrected chi connectivity index (χ1v) is 6.31. The lowest BCUT2D eigenvalue weighted by atomic mass is 10.3. The molecule has 0 spiro atoms. The van der Waals surface area contributed by atoms with Crippen LogP contribution in [0.4, 0.5) is 4.39 Å². The summed E-state index contributed by atoms with van der Waals surface area (Å²) >= 11 is 1.62. The monoisotopic (exact) mass is 260 g/mol. The molecule has 3 aromatic heterocycles. The van der Waals surface area contributed by atoms with Crippen molar-refractivity contribution < 1.29 is 9.13 Å². The summed E-state index contributed by atoms with van der Waals surface area (Å²) in [5.41, 5.74) is 2.18. The minimum Gasteiger partial charge on any atom is -0.486 e. The Morgan fingerprint density at radius 1 is 1.28 bits per heavy atom. The Labute approximate surface area is 107 Å². The molecule has 0 bridgehead atoms. The van der Waals surface area contributed by atoms with Gasteiger partial charge in [-0.2, -0.15) is 11.3 Å². The highest BCUT2D eigenvalue weighted by atomic mass is 32.1. The van der Waals surface area contributed by atoms with E-state index in [-0.39, 0.29) is 0 Å². The van der Waals surface area contributed by atoms with Crippen LogP contribution in [0.15, 0.2) is 41.4 Å². The predicted molar refractivity (Wildman–Crippen MR) is 68.1 cm³/mol. The first kappa shape index (κ1) is 11.1. The first-order valence-electron chi connectivity index (χ1n) is 5.37. The number of pyridine rings is 2. The van der Waals surface area contributed by atoms with E-state index in [0.29, 0.717) is 23.4 Å². The van der Waals surface area contributed by atoms with Gasteiger partial charge in [0.15, 0.2) is 0 Å². The maximum absolute atomic E-state index is 13.0. The van der Waals surface area contributed by atoms with Gasteiger partial charge in [0, 0.05) is 18.3 Å². The summed E-state index contributed by atoms with van der Waals surface area (Å²) in [6.45, 7) is 0.474. The van der Waals surface area contributed by atoms with Crippen LogP contribution >= 0.6 is 11.3 Å². The first-order chi connectivity index (χ1) is 8.83. The van der Waals surface area contributed by atoms with Gasteiger partial charge in [0.1, 0.15) is 23.7 Å². The van der Waals surface area contributed by atoms with Gasteiger partial charge in [0.25, 0.3) is 0 Å². The summed E-state index contributed by atoms with van der Waals surface area (Å²) in [6, 6.07) is 5.08. The number of nitrogens with zero attached hydrogens (tertiary/aromatic N) is 2. The maximum Gasteiger partial charge on any atom is 0.149 e. The zero-order chi connectivity index (χ0) is 12.4. The normalized spacial score (nSPS) is 10.7. The summed E-state index contributed by atoms with van der Waals surface area (Å²) in [6.07, 6.45) is 2.76. The van der Waals surface area contributed by atoms with Gasteiger partial charge in [-0.05, 0) is 22.4 Å². The van der Waals surface area contributed by atoms with Crippen LogP contribution < -0.4 is 4.74 Å². The molecule has 0 aliphatic rings. The van der Waals surface area contributed by atoms with E-state index in [9.17, 15) is 4.39 Å². The van der Waals surface area contributed by atoms with Crippen LogP contribution in [0.1, 0.15) is 5.56 Å². The number of halogens is 1. The van der Waals surface area contributed by atoms with Crippen molar-refractivity contribution in [2.45, 2.75) is 6.61 Å². The maximum atomic E-state index is 13.0. The van der Waals surface area contributed by atoms with Crippen LogP contribution in [0.3, 0.4) is 0 Å². The molecular weight excluding hydrogens is 251 g/mol. The van der Waals surface area contributed by atoms with Crippen molar-refractivity contribution in [1.82, 2.24) is 9.97 Å². The van der Waals surface area contributed by atoms with Crippen LogP contribution in [0.5, 0.6) is 5.75 Å². The standard InChI is InChI=1S/C13H9FN2OS/c14-10-5-11-13(16-6-10)12(1-3-15-11)17-7-9-2-4-18-8-9/h1-6,8H,7H2. The topological polar surface area (TPSA) is 35.0 Å². The molecule has 0 aliphatic carbocycles. The molecule has 18 heavy (non-hydrogen) atoms. The van der Waals surface area contributed by atoms with E-state index in [0.717, 1.165) is 5.56 Å². The third-order valence-electron chi connectivity index (χ3n) is 2.48. The average molecular weight is 260 g/mol. The Kier molecular flexibility index (Phi) is 2.90. The van der Waals surface area contributed by atoms with Gasteiger partial charge >= 0.3 is 0 Å². The van der Waals surface area contributed by atoms with Crippen LogP contribution in [0.25, 0.3) is 11.0 Å². The van der Waals surface area contributed by atoms with E-state index in [1.165, 1.54) is 12.3 Å². The lowest BCUT2D eigenvalue weighted by Crippen LogP contribution is -1.96. The fourth-order valence-electron chi connectivity index (χ4n) is 1.63. The minimum absolute atomic E-state index is 0.398. The predicted octanol–water partition coefficient (Wildman–Crippen LogP) is 3.41. The third kappa shape index (κ3) is 2.17. The second-order valence-corrected chi connectivity index (χ2v) is 4.53. The summed E-state index contributed by atoms with van der Waals surface area (Å²) in [4.78, 5) is 8.09. The van der Waals surface area contributed by atoms with E-state index in [1.54, 1.807) is 23.6 Å². The van der Waals surface area contributed by atoms with E-state index >= 15 is 0 Å². The van der Waals surface area contributed by atoms with Gasteiger partial charge in [-0.15, -0.1) is 0 Å². The molecule has 0 N–H and O–H groups in total. The number of aromatic nitrogens is 2. The fourth-order valence-corrected chi connectivity index (χ4v) is 2.29.